The van der Waals surface area contributed by atoms with Gasteiger partial charge in [0.05, 0.1) is 11.6 Å². The highest BCUT2D eigenvalue weighted by Crippen LogP contribution is 2.32. The molecule has 1 fully saturated rings. The van der Waals surface area contributed by atoms with E-state index in [9.17, 15) is 18.4 Å². The number of urea groups is 1. The molecule has 0 spiro atoms. The van der Waals surface area contributed by atoms with Crippen molar-refractivity contribution in [3.8, 4) is 0 Å². The minimum absolute atomic E-state index is 0.236. The zero-order chi connectivity index (χ0) is 15.4. The molecule has 1 aliphatic heterocycles. The first-order valence-electron chi connectivity index (χ1n) is 5.91. The first-order valence-corrected chi connectivity index (χ1v) is 7.94. The Labute approximate surface area is 128 Å². The molecule has 0 radical (unpaired) electrons. The second kappa shape index (κ2) is 6.99. The third kappa shape index (κ3) is 4.01. The van der Waals surface area contributed by atoms with Crippen molar-refractivity contribution < 1.29 is 23.5 Å². The molecule has 0 aromatic heterocycles. The summed E-state index contributed by atoms with van der Waals surface area (Å²) in [5.41, 5.74) is 0.244. The van der Waals surface area contributed by atoms with Crippen LogP contribution in [0.3, 0.4) is 0 Å². The third-order valence-corrected chi connectivity index (χ3v) is 4.57. The molecule has 1 unspecified atom stereocenters. The third-order valence-electron chi connectivity index (χ3n) is 2.77. The number of anilines is 1. The molecule has 1 saturated heterocycles. The fourth-order valence-corrected chi connectivity index (χ4v) is 3.54. The Balaban J connectivity index is 2.11. The van der Waals surface area contributed by atoms with Crippen molar-refractivity contribution in [2.24, 2.45) is 0 Å². The first-order chi connectivity index (χ1) is 9.99. The molecular weight excluding hydrogens is 322 g/mol. The lowest BCUT2D eigenvalue weighted by atomic mass is 10.3. The van der Waals surface area contributed by atoms with Crippen LogP contribution in [0.1, 0.15) is 0 Å². The van der Waals surface area contributed by atoms with Gasteiger partial charge in [0, 0.05) is 10.6 Å². The molecule has 9 heteroatoms. The van der Waals surface area contributed by atoms with E-state index in [0.29, 0.717) is 17.5 Å². The minimum atomic E-state index is -2.60. The molecule has 0 aliphatic carbocycles. The molecule has 2 rings (SSSR count). The van der Waals surface area contributed by atoms with Gasteiger partial charge in [-0.2, -0.15) is 8.78 Å². The largest absolute Gasteiger partial charge is 0.480 e. The number of thioether (sulfide) groups is 2. The number of nitrogens with zero attached hydrogens (tertiary/aromatic N) is 1. The van der Waals surface area contributed by atoms with Crippen LogP contribution in [0.25, 0.3) is 0 Å². The van der Waals surface area contributed by atoms with E-state index < -0.39 is 23.8 Å². The number of alkyl halides is 2. The Bertz CT molecular complexity index is 545. The smallest absolute Gasteiger partial charge is 0.327 e. The van der Waals surface area contributed by atoms with Crippen LogP contribution in [-0.2, 0) is 4.79 Å². The van der Waals surface area contributed by atoms with Crippen LogP contribution in [0.2, 0.25) is 0 Å². The molecule has 1 atom stereocenters. The second-order valence-electron chi connectivity index (χ2n) is 4.13. The lowest BCUT2D eigenvalue weighted by molar-refractivity contribution is -0.140. The monoisotopic (exact) mass is 334 g/mol. The van der Waals surface area contributed by atoms with Gasteiger partial charge in [-0.25, -0.2) is 9.59 Å². The van der Waals surface area contributed by atoms with Crippen LogP contribution in [0, 0.1) is 0 Å². The van der Waals surface area contributed by atoms with Gasteiger partial charge in [0.25, 0.3) is 5.76 Å². The van der Waals surface area contributed by atoms with Gasteiger partial charge in [-0.3, -0.25) is 0 Å². The van der Waals surface area contributed by atoms with Crippen molar-refractivity contribution in [1.29, 1.82) is 0 Å². The maximum Gasteiger partial charge on any atom is 0.327 e. The summed E-state index contributed by atoms with van der Waals surface area (Å²) in [4.78, 5) is 24.6. The van der Waals surface area contributed by atoms with Gasteiger partial charge >= 0.3 is 12.0 Å². The zero-order valence-corrected chi connectivity index (χ0v) is 12.3. The van der Waals surface area contributed by atoms with Crippen LogP contribution in [0.15, 0.2) is 29.2 Å². The van der Waals surface area contributed by atoms with Gasteiger partial charge in [0.2, 0.25) is 0 Å². The lowest BCUT2D eigenvalue weighted by Crippen LogP contribution is -2.44. The summed E-state index contributed by atoms with van der Waals surface area (Å²) in [5, 5.41) is 11.5. The van der Waals surface area contributed by atoms with E-state index in [-0.39, 0.29) is 16.5 Å². The van der Waals surface area contributed by atoms with Crippen LogP contribution in [0.5, 0.6) is 0 Å². The predicted molar refractivity (Wildman–Crippen MR) is 77.9 cm³/mol. The maximum atomic E-state index is 12.5. The summed E-state index contributed by atoms with van der Waals surface area (Å²) in [6.07, 6.45) is 0. The SMILES string of the molecule is O=C(O)C1CSCN1C(=O)Nc1ccccc1SC(F)F. The number of aliphatic carboxylic acids is 1. The number of benzene rings is 1. The number of amides is 2. The van der Waals surface area contributed by atoms with E-state index in [1.54, 1.807) is 12.1 Å². The van der Waals surface area contributed by atoms with E-state index in [1.807, 2.05) is 0 Å². The van der Waals surface area contributed by atoms with Crippen molar-refractivity contribution >= 4 is 41.2 Å². The lowest BCUT2D eigenvalue weighted by Gasteiger charge is -2.21. The number of nitrogens with one attached hydrogen (secondary N) is 1. The molecule has 5 nitrogen and oxygen atoms in total. The van der Waals surface area contributed by atoms with Gasteiger partial charge in [-0.05, 0) is 12.1 Å². The number of halogens is 2. The van der Waals surface area contributed by atoms with E-state index >= 15 is 0 Å². The number of carboxylic acids is 1. The molecule has 1 aromatic rings. The van der Waals surface area contributed by atoms with E-state index in [0.717, 1.165) is 0 Å². The van der Waals surface area contributed by atoms with Gasteiger partial charge < -0.3 is 15.3 Å². The summed E-state index contributed by atoms with van der Waals surface area (Å²) in [5.74, 6) is -3.11. The zero-order valence-electron chi connectivity index (χ0n) is 10.7. The Kier molecular flexibility index (Phi) is 5.29. The normalized spacial score (nSPS) is 18.0. The highest BCUT2D eigenvalue weighted by molar-refractivity contribution is 7.99. The van der Waals surface area contributed by atoms with Crippen molar-refractivity contribution in [2.75, 3.05) is 16.9 Å². The van der Waals surface area contributed by atoms with Crippen molar-refractivity contribution in [3.05, 3.63) is 24.3 Å². The minimum Gasteiger partial charge on any atom is -0.480 e. The molecule has 1 aromatic carbocycles. The van der Waals surface area contributed by atoms with Gasteiger partial charge in [-0.15, -0.1) is 11.8 Å². The van der Waals surface area contributed by atoms with Crippen LogP contribution in [0.4, 0.5) is 19.3 Å². The number of para-hydroxylation sites is 1. The fraction of sp³-hybridized carbons (Fsp3) is 0.333. The molecule has 21 heavy (non-hydrogen) atoms. The number of carboxylic acid groups (broad SMARTS) is 1. The molecular formula is C12H12F2N2O3S2. The summed E-state index contributed by atoms with van der Waals surface area (Å²) in [7, 11) is 0. The number of hydrogen-bond acceptors (Lipinski definition) is 4. The van der Waals surface area contributed by atoms with E-state index in [4.69, 9.17) is 5.11 Å². The maximum absolute atomic E-state index is 12.5. The van der Waals surface area contributed by atoms with Gasteiger partial charge in [0.15, 0.2) is 0 Å². The molecule has 114 valence electrons. The van der Waals surface area contributed by atoms with E-state index in [2.05, 4.69) is 5.32 Å². The average molecular weight is 334 g/mol. The topological polar surface area (TPSA) is 69.6 Å². The van der Waals surface area contributed by atoms with Gasteiger partial charge in [0.1, 0.15) is 6.04 Å². The molecule has 1 aliphatic rings. The quantitative estimate of drug-likeness (QED) is 0.829. The number of carbonyl (C=O) groups excluding carboxylic acids is 1. The Hall–Kier alpha value is -1.48. The number of hydrogen-bond donors (Lipinski definition) is 2. The highest BCUT2D eigenvalue weighted by Gasteiger charge is 2.34. The van der Waals surface area contributed by atoms with Gasteiger partial charge in [-0.1, -0.05) is 23.9 Å². The summed E-state index contributed by atoms with van der Waals surface area (Å²) in [6.45, 7) is 0. The fourth-order valence-electron chi connectivity index (χ4n) is 1.80. The van der Waals surface area contributed by atoms with Crippen molar-refractivity contribution in [2.45, 2.75) is 16.7 Å². The number of rotatable bonds is 4. The molecule has 0 bridgehead atoms. The number of carbonyl (C=O) groups is 2. The van der Waals surface area contributed by atoms with E-state index in [1.165, 1.54) is 28.8 Å². The Morgan fingerprint density at radius 2 is 2.14 bits per heavy atom. The standard InChI is InChI=1S/C12H12F2N2O3S2/c13-11(14)21-9-4-2-1-3-7(9)15-12(19)16-6-20-5-8(16)10(17)18/h1-4,8,11H,5-6H2,(H,15,19)(H,17,18). The summed E-state index contributed by atoms with van der Waals surface area (Å²) >= 11 is 1.66. The molecule has 1 heterocycles. The summed E-state index contributed by atoms with van der Waals surface area (Å²) < 4.78 is 24.9. The van der Waals surface area contributed by atoms with Crippen molar-refractivity contribution in [3.63, 3.8) is 0 Å². The molecule has 0 saturated carbocycles. The highest BCUT2D eigenvalue weighted by atomic mass is 32.2. The first kappa shape index (κ1) is 15.9. The Morgan fingerprint density at radius 3 is 2.81 bits per heavy atom. The molecule has 2 N–H and O–H groups in total. The predicted octanol–water partition coefficient (Wildman–Crippen LogP) is 2.99. The Morgan fingerprint density at radius 1 is 1.43 bits per heavy atom. The second-order valence-corrected chi connectivity index (χ2v) is 6.16. The van der Waals surface area contributed by atoms with Crippen molar-refractivity contribution in [1.82, 2.24) is 4.90 Å². The van der Waals surface area contributed by atoms with Crippen LogP contribution in [-0.4, -0.2) is 45.4 Å². The van der Waals surface area contributed by atoms with Crippen LogP contribution < -0.4 is 5.32 Å². The average Bonchev–Trinajstić information content (AvgIpc) is 2.90. The van der Waals surface area contributed by atoms with Crippen LogP contribution >= 0.6 is 23.5 Å². The summed E-state index contributed by atoms with van der Waals surface area (Å²) in [6, 6.07) is 4.67. The molecule has 2 amide bonds.